The van der Waals surface area contributed by atoms with Crippen molar-refractivity contribution in [2.45, 2.75) is 25.4 Å². The van der Waals surface area contributed by atoms with Crippen molar-refractivity contribution < 1.29 is 9.53 Å². The maximum absolute atomic E-state index is 11.7. The Hall–Kier alpha value is -1.07. The van der Waals surface area contributed by atoms with Gasteiger partial charge in [-0.25, -0.2) is 0 Å². The maximum Gasteiger partial charge on any atom is 0.263 e. The fraction of sp³-hybridized carbons (Fsp3) is 0.545. The number of ether oxygens (including phenoxy) is 1. The molecule has 5 heteroatoms. The van der Waals surface area contributed by atoms with E-state index in [1.807, 2.05) is 5.38 Å². The molecule has 3 N–H and O–H groups in total. The number of carbonyl (C=O) groups is 1. The van der Waals surface area contributed by atoms with Gasteiger partial charge in [-0.3, -0.25) is 4.79 Å². The van der Waals surface area contributed by atoms with Crippen molar-refractivity contribution in [3.63, 3.8) is 0 Å². The number of hydrogen-bond donors (Lipinski definition) is 2. The molecule has 0 bridgehead atoms. The van der Waals surface area contributed by atoms with Gasteiger partial charge in [0.2, 0.25) is 0 Å². The number of rotatable bonds is 4. The molecule has 1 atom stereocenters. The first-order chi connectivity index (χ1) is 7.77. The van der Waals surface area contributed by atoms with E-state index in [1.165, 1.54) is 11.3 Å². The second-order valence-electron chi connectivity index (χ2n) is 3.88. The third kappa shape index (κ3) is 2.74. The third-order valence-corrected chi connectivity index (χ3v) is 3.61. The standard InChI is InChI=1S/C11H16N2O2S/c12-9-4-7-16-10(9)11(14)13-5-3-8-2-1-6-15-8/h4,7-8H,1-3,5-6,12H2,(H,13,14). The molecule has 1 aliphatic rings. The summed E-state index contributed by atoms with van der Waals surface area (Å²) in [5.74, 6) is -0.0782. The molecule has 1 aliphatic heterocycles. The van der Waals surface area contributed by atoms with Crippen LogP contribution in [0.4, 0.5) is 5.69 Å². The summed E-state index contributed by atoms with van der Waals surface area (Å²) in [5, 5.41) is 4.69. The average molecular weight is 240 g/mol. The summed E-state index contributed by atoms with van der Waals surface area (Å²) >= 11 is 1.37. The molecule has 0 saturated carbocycles. The third-order valence-electron chi connectivity index (χ3n) is 2.68. The Labute approximate surface area is 98.8 Å². The van der Waals surface area contributed by atoms with E-state index < -0.39 is 0 Å². The van der Waals surface area contributed by atoms with Crippen LogP contribution in [0.2, 0.25) is 0 Å². The van der Waals surface area contributed by atoms with Gasteiger partial charge in [-0.05, 0) is 30.7 Å². The van der Waals surface area contributed by atoms with Gasteiger partial charge in [0.05, 0.1) is 11.8 Å². The lowest BCUT2D eigenvalue weighted by Crippen LogP contribution is -2.26. The molecule has 1 aromatic rings. The minimum atomic E-state index is -0.0782. The van der Waals surface area contributed by atoms with Crippen LogP contribution in [-0.4, -0.2) is 25.2 Å². The lowest BCUT2D eigenvalue weighted by molar-refractivity contribution is 0.0911. The van der Waals surface area contributed by atoms with Gasteiger partial charge in [0.15, 0.2) is 0 Å². The fourth-order valence-corrected chi connectivity index (χ4v) is 2.54. The predicted octanol–water partition coefficient (Wildman–Crippen LogP) is 1.63. The first-order valence-corrected chi connectivity index (χ1v) is 6.38. The highest BCUT2D eigenvalue weighted by Crippen LogP contribution is 2.18. The number of anilines is 1. The van der Waals surface area contributed by atoms with Crippen molar-refractivity contribution in [2.24, 2.45) is 0 Å². The van der Waals surface area contributed by atoms with Gasteiger partial charge in [0.1, 0.15) is 4.88 Å². The molecule has 0 aromatic carbocycles. The van der Waals surface area contributed by atoms with Crippen LogP contribution in [-0.2, 0) is 4.74 Å². The summed E-state index contributed by atoms with van der Waals surface area (Å²) in [5.41, 5.74) is 6.22. The molecule has 1 unspecified atom stereocenters. The second kappa shape index (κ2) is 5.32. The number of nitrogen functional groups attached to an aromatic ring is 1. The number of nitrogens with one attached hydrogen (secondary N) is 1. The highest BCUT2D eigenvalue weighted by atomic mass is 32.1. The van der Waals surface area contributed by atoms with Crippen LogP contribution in [0.3, 0.4) is 0 Å². The highest BCUT2D eigenvalue weighted by molar-refractivity contribution is 7.12. The molecule has 1 amide bonds. The van der Waals surface area contributed by atoms with Crippen LogP contribution in [0.15, 0.2) is 11.4 Å². The summed E-state index contributed by atoms with van der Waals surface area (Å²) in [4.78, 5) is 12.3. The summed E-state index contributed by atoms with van der Waals surface area (Å²) < 4.78 is 5.48. The van der Waals surface area contributed by atoms with Gasteiger partial charge in [-0.15, -0.1) is 11.3 Å². The molecule has 1 saturated heterocycles. The predicted molar refractivity (Wildman–Crippen MR) is 64.7 cm³/mol. The Balaban J connectivity index is 1.73. The molecule has 0 spiro atoms. The quantitative estimate of drug-likeness (QED) is 0.840. The van der Waals surface area contributed by atoms with E-state index >= 15 is 0 Å². The van der Waals surface area contributed by atoms with Gasteiger partial charge in [-0.2, -0.15) is 0 Å². The van der Waals surface area contributed by atoms with Crippen LogP contribution >= 0.6 is 11.3 Å². The van der Waals surface area contributed by atoms with Crippen LogP contribution in [0.5, 0.6) is 0 Å². The first-order valence-electron chi connectivity index (χ1n) is 5.50. The summed E-state index contributed by atoms with van der Waals surface area (Å²) in [6.07, 6.45) is 3.45. The lowest BCUT2D eigenvalue weighted by Gasteiger charge is -2.09. The molecular formula is C11H16N2O2S. The number of thiophene rings is 1. The Morgan fingerprint density at radius 2 is 2.56 bits per heavy atom. The molecular weight excluding hydrogens is 224 g/mol. The number of carbonyl (C=O) groups excluding carboxylic acids is 1. The molecule has 2 heterocycles. The lowest BCUT2D eigenvalue weighted by atomic mass is 10.2. The van der Waals surface area contributed by atoms with Crippen molar-refractivity contribution in [1.82, 2.24) is 5.32 Å². The number of nitrogens with two attached hydrogens (primary N) is 1. The maximum atomic E-state index is 11.7. The molecule has 2 rings (SSSR count). The van der Waals surface area contributed by atoms with Crippen molar-refractivity contribution in [2.75, 3.05) is 18.9 Å². The van der Waals surface area contributed by atoms with Gasteiger partial charge < -0.3 is 15.8 Å². The SMILES string of the molecule is Nc1ccsc1C(=O)NCCC1CCCO1. The van der Waals surface area contributed by atoms with Crippen molar-refractivity contribution in [3.8, 4) is 0 Å². The zero-order valence-corrected chi connectivity index (χ0v) is 9.89. The monoisotopic (exact) mass is 240 g/mol. The molecule has 4 nitrogen and oxygen atoms in total. The average Bonchev–Trinajstić information content (AvgIpc) is 2.88. The highest BCUT2D eigenvalue weighted by Gasteiger charge is 2.16. The minimum absolute atomic E-state index is 0.0782. The Bertz CT molecular complexity index is 359. The van der Waals surface area contributed by atoms with Crippen molar-refractivity contribution in [3.05, 3.63) is 16.3 Å². The van der Waals surface area contributed by atoms with Gasteiger partial charge in [-0.1, -0.05) is 0 Å². The molecule has 16 heavy (non-hydrogen) atoms. The van der Waals surface area contributed by atoms with Gasteiger partial charge in [0, 0.05) is 13.2 Å². The first kappa shape index (κ1) is 11.4. The molecule has 1 fully saturated rings. The second-order valence-corrected chi connectivity index (χ2v) is 4.80. The van der Waals surface area contributed by atoms with Crippen molar-refractivity contribution in [1.29, 1.82) is 0 Å². The molecule has 1 aromatic heterocycles. The fourth-order valence-electron chi connectivity index (χ4n) is 1.80. The topological polar surface area (TPSA) is 64.4 Å². The van der Waals surface area contributed by atoms with E-state index in [0.29, 0.717) is 23.2 Å². The Morgan fingerprint density at radius 1 is 1.69 bits per heavy atom. The van der Waals surface area contributed by atoms with E-state index in [-0.39, 0.29) is 5.91 Å². The van der Waals surface area contributed by atoms with Crippen LogP contribution in [0.25, 0.3) is 0 Å². The smallest absolute Gasteiger partial charge is 0.263 e. The van der Waals surface area contributed by atoms with Crippen LogP contribution in [0.1, 0.15) is 28.9 Å². The number of amides is 1. The number of hydrogen-bond acceptors (Lipinski definition) is 4. The van der Waals surface area contributed by atoms with Crippen LogP contribution in [0, 0.1) is 0 Å². The normalized spacial score (nSPS) is 19.9. The van der Waals surface area contributed by atoms with Gasteiger partial charge >= 0.3 is 0 Å². The Morgan fingerprint density at radius 3 is 3.19 bits per heavy atom. The zero-order valence-electron chi connectivity index (χ0n) is 9.07. The zero-order chi connectivity index (χ0) is 11.4. The molecule has 0 radical (unpaired) electrons. The largest absolute Gasteiger partial charge is 0.397 e. The van der Waals surface area contributed by atoms with E-state index in [9.17, 15) is 4.79 Å². The van der Waals surface area contributed by atoms with E-state index in [0.717, 1.165) is 25.9 Å². The van der Waals surface area contributed by atoms with E-state index in [4.69, 9.17) is 10.5 Å². The summed E-state index contributed by atoms with van der Waals surface area (Å²) in [6.45, 7) is 1.51. The van der Waals surface area contributed by atoms with Gasteiger partial charge in [0.25, 0.3) is 5.91 Å². The van der Waals surface area contributed by atoms with Crippen LogP contribution < -0.4 is 11.1 Å². The summed E-state index contributed by atoms with van der Waals surface area (Å²) in [6, 6.07) is 1.75. The van der Waals surface area contributed by atoms with E-state index in [1.54, 1.807) is 6.07 Å². The minimum Gasteiger partial charge on any atom is -0.397 e. The Kier molecular flexibility index (Phi) is 3.79. The molecule has 0 aliphatic carbocycles. The van der Waals surface area contributed by atoms with Crippen molar-refractivity contribution >= 4 is 22.9 Å². The molecule has 88 valence electrons. The summed E-state index contributed by atoms with van der Waals surface area (Å²) in [7, 11) is 0. The van der Waals surface area contributed by atoms with E-state index in [2.05, 4.69) is 5.32 Å².